The molecule has 2 N–H and O–H groups in total. The summed E-state index contributed by atoms with van der Waals surface area (Å²) in [4.78, 5) is 26.5. The van der Waals surface area contributed by atoms with Crippen molar-refractivity contribution in [3.8, 4) is 0 Å². The van der Waals surface area contributed by atoms with E-state index in [1.54, 1.807) is 4.90 Å². The van der Waals surface area contributed by atoms with Crippen molar-refractivity contribution in [3.05, 3.63) is 35.9 Å². The number of fused-ring (bicyclic) bond motifs is 1. The number of hydrogen-bond acceptors (Lipinski definition) is 4. The van der Waals surface area contributed by atoms with E-state index in [4.69, 9.17) is 10.5 Å². The summed E-state index contributed by atoms with van der Waals surface area (Å²) in [5, 5.41) is 0. The van der Waals surface area contributed by atoms with Crippen LogP contribution >= 0.6 is 0 Å². The van der Waals surface area contributed by atoms with Crippen LogP contribution in [-0.4, -0.2) is 34.9 Å². The molecule has 1 aromatic rings. The summed E-state index contributed by atoms with van der Waals surface area (Å²) >= 11 is 0. The third kappa shape index (κ3) is 2.99. The number of ether oxygens (including phenoxy) is 1. The molecular weight excluding hydrogens is 280 g/mol. The Morgan fingerprint density at radius 1 is 1.18 bits per heavy atom. The molecule has 5 nitrogen and oxygen atoms in total. The topological polar surface area (TPSA) is 72.6 Å². The summed E-state index contributed by atoms with van der Waals surface area (Å²) in [7, 11) is 0. The first-order valence-electron chi connectivity index (χ1n) is 7.95. The molecule has 0 saturated carbocycles. The number of esters is 1. The molecule has 0 radical (unpaired) electrons. The molecule has 2 aliphatic heterocycles. The van der Waals surface area contributed by atoms with E-state index in [9.17, 15) is 9.59 Å². The van der Waals surface area contributed by atoms with E-state index >= 15 is 0 Å². The maximum absolute atomic E-state index is 12.4. The highest BCUT2D eigenvalue weighted by Gasteiger charge is 2.44. The molecule has 22 heavy (non-hydrogen) atoms. The number of carbonyl (C=O) groups is 2. The number of carbonyl (C=O) groups excluding carboxylic acids is 2. The average Bonchev–Trinajstić information content (AvgIpc) is 2.91. The maximum Gasteiger partial charge on any atom is 0.329 e. The number of nitrogens with zero attached hydrogens (tertiary/aromatic N) is 1. The van der Waals surface area contributed by atoms with Crippen molar-refractivity contribution in [2.24, 2.45) is 5.73 Å². The van der Waals surface area contributed by atoms with E-state index in [2.05, 4.69) is 0 Å². The lowest BCUT2D eigenvalue weighted by Crippen LogP contribution is -2.50. The van der Waals surface area contributed by atoms with Crippen molar-refractivity contribution >= 4 is 11.9 Å². The molecule has 118 valence electrons. The van der Waals surface area contributed by atoms with Crippen LogP contribution in [0.2, 0.25) is 0 Å². The summed E-state index contributed by atoms with van der Waals surface area (Å²) < 4.78 is 5.41. The highest BCUT2D eigenvalue weighted by molar-refractivity contribution is 5.88. The van der Waals surface area contributed by atoms with E-state index in [0.29, 0.717) is 12.8 Å². The SMILES string of the molecule is N[C@H]1CCC[C@H]2CC[C@@H](C(=O)OCc3ccccc3)N2C1=O. The van der Waals surface area contributed by atoms with Gasteiger partial charge < -0.3 is 15.4 Å². The first kappa shape index (κ1) is 15.0. The number of hydrogen-bond donors (Lipinski definition) is 1. The van der Waals surface area contributed by atoms with Crippen LogP contribution in [0.1, 0.15) is 37.7 Å². The summed E-state index contributed by atoms with van der Waals surface area (Å²) in [5.74, 6) is -0.407. The minimum Gasteiger partial charge on any atom is -0.459 e. The first-order valence-corrected chi connectivity index (χ1v) is 7.95. The van der Waals surface area contributed by atoms with Gasteiger partial charge in [0.05, 0.1) is 6.04 Å². The van der Waals surface area contributed by atoms with Gasteiger partial charge in [-0.05, 0) is 37.7 Å². The maximum atomic E-state index is 12.4. The van der Waals surface area contributed by atoms with Gasteiger partial charge in [0.15, 0.2) is 0 Å². The van der Waals surface area contributed by atoms with Crippen molar-refractivity contribution < 1.29 is 14.3 Å². The smallest absolute Gasteiger partial charge is 0.329 e. The molecule has 1 amide bonds. The lowest BCUT2D eigenvalue weighted by Gasteiger charge is -2.28. The molecule has 0 unspecified atom stereocenters. The zero-order valence-corrected chi connectivity index (χ0v) is 12.6. The average molecular weight is 302 g/mol. The Hall–Kier alpha value is -1.88. The molecular formula is C17H22N2O3. The van der Waals surface area contributed by atoms with E-state index < -0.39 is 12.1 Å². The zero-order chi connectivity index (χ0) is 15.5. The molecule has 0 spiro atoms. The Labute approximate surface area is 130 Å². The fourth-order valence-corrected chi connectivity index (χ4v) is 3.44. The summed E-state index contributed by atoms with van der Waals surface area (Å²) in [6.07, 6.45) is 4.12. The van der Waals surface area contributed by atoms with Gasteiger partial charge >= 0.3 is 5.97 Å². The molecule has 5 heteroatoms. The predicted octanol–water partition coefficient (Wildman–Crippen LogP) is 1.60. The second kappa shape index (κ2) is 6.48. The third-order valence-electron chi connectivity index (χ3n) is 4.62. The molecule has 3 rings (SSSR count). The van der Waals surface area contributed by atoms with Crippen LogP contribution in [0.4, 0.5) is 0 Å². The van der Waals surface area contributed by atoms with Gasteiger partial charge in [-0.2, -0.15) is 0 Å². The Balaban J connectivity index is 1.66. The number of amides is 1. The van der Waals surface area contributed by atoms with Crippen LogP contribution < -0.4 is 5.73 Å². The molecule has 1 aromatic carbocycles. The lowest BCUT2D eigenvalue weighted by atomic mass is 10.1. The minimum atomic E-state index is -0.479. The molecule has 2 saturated heterocycles. The second-order valence-corrected chi connectivity index (χ2v) is 6.12. The molecule has 2 aliphatic rings. The number of benzene rings is 1. The van der Waals surface area contributed by atoms with E-state index in [1.807, 2.05) is 30.3 Å². The van der Waals surface area contributed by atoms with Crippen LogP contribution in [0.25, 0.3) is 0 Å². The molecule has 3 atom stereocenters. The van der Waals surface area contributed by atoms with Crippen LogP contribution in [0.3, 0.4) is 0 Å². The normalized spacial score (nSPS) is 28.1. The van der Waals surface area contributed by atoms with Crippen molar-refractivity contribution in [2.75, 3.05) is 0 Å². The fraction of sp³-hybridized carbons (Fsp3) is 0.529. The van der Waals surface area contributed by atoms with E-state index in [-0.39, 0.29) is 24.5 Å². The van der Waals surface area contributed by atoms with Gasteiger partial charge in [0.1, 0.15) is 12.6 Å². The van der Waals surface area contributed by atoms with Gasteiger partial charge in [0, 0.05) is 6.04 Å². The van der Waals surface area contributed by atoms with Crippen molar-refractivity contribution in [3.63, 3.8) is 0 Å². The Kier molecular flexibility index (Phi) is 4.43. The number of nitrogens with two attached hydrogens (primary N) is 1. The standard InChI is InChI=1S/C17H22N2O3/c18-14-8-4-7-13-9-10-15(19(13)16(14)20)17(21)22-11-12-5-2-1-3-6-12/h1-3,5-6,13-15H,4,7-11,18H2/t13-,14-,15-/m0/s1. The highest BCUT2D eigenvalue weighted by Crippen LogP contribution is 2.32. The predicted molar refractivity (Wildman–Crippen MR) is 81.7 cm³/mol. The zero-order valence-electron chi connectivity index (χ0n) is 12.6. The molecule has 0 aliphatic carbocycles. The lowest BCUT2D eigenvalue weighted by molar-refractivity contribution is -0.155. The van der Waals surface area contributed by atoms with Crippen molar-refractivity contribution in [1.29, 1.82) is 0 Å². The van der Waals surface area contributed by atoms with Gasteiger partial charge in [-0.1, -0.05) is 30.3 Å². The Morgan fingerprint density at radius 3 is 2.73 bits per heavy atom. The molecule has 2 fully saturated rings. The van der Waals surface area contributed by atoms with E-state index in [1.165, 1.54) is 0 Å². The minimum absolute atomic E-state index is 0.0957. The van der Waals surface area contributed by atoms with E-state index in [0.717, 1.165) is 24.8 Å². The first-order chi connectivity index (χ1) is 10.7. The van der Waals surface area contributed by atoms with Crippen LogP contribution in [0.15, 0.2) is 30.3 Å². The summed E-state index contributed by atoms with van der Waals surface area (Å²) in [5.41, 5.74) is 6.87. The highest BCUT2D eigenvalue weighted by atomic mass is 16.5. The molecule has 2 heterocycles. The van der Waals surface area contributed by atoms with Gasteiger partial charge in [0.25, 0.3) is 0 Å². The van der Waals surface area contributed by atoms with Crippen LogP contribution in [0.5, 0.6) is 0 Å². The van der Waals surface area contributed by atoms with Crippen LogP contribution in [-0.2, 0) is 20.9 Å². The second-order valence-electron chi connectivity index (χ2n) is 6.12. The molecule has 0 aromatic heterocycles. The summed E-state index contributed by atoms with van der Waals surface area (Å²) in [6.45, 7) is 0.245. The summed E-state index contributed by atoms with van der Waals surface area (Å²) in [6, 6.07) is 8.77. The van der Waals surface area contributed by atoms with Gasteiger partial charge in [-0.25, -0.2) is 4.79 Å². The molecule has 0 bridgehead atoms. The van der Waals surface area contributed by atoms with Gasteiger partial charge in [0.2, 0.25) is 5.91 Å². The third-order valence-corrected chi connectivity index (χ3v) is 4.62. The monoisotopic (exact) mass is 302 g/mol. The fourth-order valence-electron chi connectivity index (χ4n) is 3.44. The van der Waals surface area contributed by atoms with Gasteiger partial charge in [-0.3, -0.25) is 4.79 Å². The number of rotatable bonds is 3. The van der Waals surface area contributed by atoms with Gasteiger partial charge in [-0.15, -0.1) is 0 Å². The van der Waals surface area contributed by atoms with Crippen LogP contribution in [0, 0.1) is 0 Å². The van der Waals surface area contributed by atoms with Crippen molar-refractivity contribution in [1.82, 2.24) is 4.90 Å². The Morgan fingerprint density at radius 2 is 1.95 bits per heavy atom. The van der Waals surface area contributed by atoms with Crippen molar-refractivity contribution in [2.45, 2.75) is 56.8 Å². The quantitative estimate of drug-likeness (QED) is 0.861. The largest absolute Gasteiger partial charge is 0.459 e. The Bertz CT molecular complexity index is 546.